The number of nitrogens with one attached hydrogen (secondary N) is 1. The van der Waals surface area contributed by atoms with Gasteiger partial charge in [0.2, 0.25) is 5.91 Å². The van der Waals surface area contributed by atoms with Crippen LogP contribution in [0.15, 0.2) is 52.3 Å². The van der Waals surface area contributed by atoms with Crippen LogP contribution in [0.1, 0.15) is 43.2 Å². The first kappa shape index (κ1) is 17.7. The van der Waals surface area contributed by atoms with Crippen molar-refractivity contribution in [1.82, 2.24) is 0 Å². The minimum Gasteiger partial charge on any atom is -0.326 e. The van der Waals surface area contributed by atoms with Crippen LogP contribution in [0.5, 0.6) is 0 Å². The smallest absolute Gasteiger partial charge is 0.224 e. The summed E-state index contributed by atoms with van der Waals surface area (Å²) < 4.78 is 0. The minimum atomic E-state index is 0.178. The number of carbonyl (C=O) groups is 1. The van der Waals surface area contributed by atoms with Gasteiger partial charge in [0.15, 0.2) is 0 Å². The van der Waals surface area contributed by atoms with E-state index in [1.165, 1.54) is 46.6 Å². The standard InChI is InChI=1S/C23H27NOS/c1-15-3-4-16(2)22(11-15)26-21-9-7-20(8-10-21)24-23(25)14-19-13-17-5-6-18(19)12-17/h3-4,7-11,17-19H,5-6,12-14H2,1-2H3,(H,24,25)/t17-,18-,19-/m1/s1. The first-order valence-corrected chi connectivity index (χ1v) is 10.5. The summed E-state index contributed by atoms with van der Waals surface area (Å²) in [5, 5.41) is 3.09. The number of carbonyl (C=O) groups excluding carboxylic acids is 1. The highest BCUT2D eigenvalue weighted by Gasteiger charge is 2.40. The lowest BCUT2D eigenvalue weighted by atomic mass is 9.86. The van der Waals surface area contributed by atoms with Crippen molar-refractivity contribution in [1.29, 1.82) is 0 Å². The molecule has 2 bridgehead atoms. The Balaban J connectivity index is 1.34. The van der Waals surface area contributed by atoms with Gasteiger partial charge in [-0.2, -0.15) is 0 Å². The Bertz CT molecular complexity index is 798. The molecule has 1 N–H and O–H groups in total. The van der Waals surface area contributed by atoms with E-state index in [0.717, 1.165) is 17.5 Å². The topological polar surface area (TPSA) is 29.1 Å². The molecule has 2 saturated carbocycles. The van der Waals surface area contributed by atoms with Gasteiger partial charge in [-0.1, -0.05) is 30.3 Å². The first-order valence-electron chi connectivity index (χ1n) is 9.72. The molecule has 0 radical (unpaired) electrons. The molecule has 136 valence electrons. The maximum absolute atomic E-state index is 12.4. The molecule has 1 amide bonds. The summed E-state index contributed by atoms with van der Waals surface area (Å²) in [6.45, 7) is 4.27. The number of benzene rings is 2. The van der Waals surface area contributed by atoms with Gasteiger partial charge in [-0.3, -0.25) is 4.79 Å². The summed E-state index contributed by atoms with van der Waals surface area (Å²) >= 11 is 1.78. The predicted octanol–water partition coefficient (Wildman–Crippen LogP) is 6.22. The third-order valence-corrected chi connectivity index (χ3v) is 7.21. The Morgan fingerprint density at radius 3 is 2.58 bits per heavy atom. The van der Waals surface area contributed by atoms with Gasteiger partial charge in [0.05, 0.1) is 0 Å². The van der Waals surface area contributed by atoms with Crippen molar-refractivity contribution in [3.63, 3.8) is 0 Å². The molecule has 2 aliphatic rings. The third kappa shape index (κ3) is 3.98. The SMILES string of the molecule is Cc1ccc(C)c(Sc2ccc(NC(=O)C[C@H]3C[C@@H]4CC[C@@H]3C4)cc2)c1. The molecule has 0 aliphatic heterocycles. The van der Waals surface area contributed by atoms with Gasteiger partial charge in [-0.05, 0) is 92.3 Å². The van der Waals surface area contributed by atoms with E-state index < -0.39 is 0 Å². The molecular formula is C23H27NOS. The van der Waals surface area contributed by atoms with Crippen LogP contribution >= 0.6 is 11.8 Å². The van der Waals surface area contributed by atoms with Crippen LogP contribution in [0, 0.1) is 31.6 Å². The summed E-state index contributed by atoms with van der Waals surface area (Å²) in [4.78, 5) is 14.9. The number of fused-ring (bicyclic) bond motifs is 2. The van der Waals surface area contributed by atoms with Crippen molar-refractivity contribution in [3.8, 4) is 0 Å². The Labute approximate surface area is 160 Å². The normalized spacial score (nSPS) is 24.0. The van der Waals surface area contributed by atoms with Crippen LogP contribution < -0.4 is 5.32 Å². The fourth-order valence-electron chi connectivity index (χ4n) is 4.63. The zero-order chi connectivity index (χ0) is 18.1. The summed E-state index contributed by atoms with van der Waals surface area (Å²) in [5.41, 5.74) is 3.48. The van der Waals surface area contributed by atoms with Crippen molar-refractivity contribution >= 4 is 23.4 Å². The molecule has 3 atom stereocenters. The number of amides is 1. The molecule has 3 heteroatoms. The first-order chi connectivity index (χ1) is 12.6. The maximum Gasteiger partial charge on any atom is 0.224 e. The highest BCUT2D eigenvalue weighted by molar-refractivity contribution is 7.99. The maximum atomic E-state index is 12.4. The quantitative estimate of drug-likeness (QED) is 0.681. The Morgan fingerprint density at radius 1 is 1.08 bits per heavy atom. The third-order valence-electron chi connectivity index (χ3n) is 6.04. The second-order valence-electron chi connectivity index (χ2n) is 8.08. The average Bonchev–Trinajstić information content (AvgIpc) is 3.23. The van der Waals surface area contributed by atoms with Gasteiger partial charge < -0.3 is 5.32 Å². The number of hydrogen-bond donors (Lipinski definition) is 1. The van der Waals surface area contributed by atoms with Crippen LogP contribution in [0.4, 0.5) is 5.69 Å². The van der Waals surface area contributed by atoms with Gasteiger partial charge in [0, 0.05) is 21.9 Å². The van der Waals surface area contributed by atoms with E-state index in [4.69, 9.17) is 0 Å². The molecule has 2 fully saturated rings. The molecule has 0 spiro atoms. The van der Waals surface area contributed by atoms with Gasteiger partial charge in [0.25, 0.3) is 0 Å². The van der Waals surface area contributed by atoms with E-state index in [9.17, 15) is 4.79 Å². The molecule has 4 rings (SSSR count). The van der Waals surface area contributed by atoms with Crippen molar-refractivity contribution in [2.75, 3.05) is 5.32 Å². The second-order valence-corrected chi connectivity index (χ2v) is 9.20. The summed E-state index contributed by atoms with van der Waals surface area (Å²) in [6.07, 6.45) is 6.06. The Hall–Kier alpha value is -1.74. The number of hydrogen-bond acceptors (Lipinski definition) is 2. The molecule has 26 heavy (non-hydrogen) atoms. The fourth-order valence-corrected chi connectivity index (χ4v) is 5.63. The fraction of sp³-hybridized carbons (Fsp3) is 0.435. The zero-order valence-corrected chi connectivity index (χ0v) is 16.4. The van der Waals surface area contributed by atoms with Gasteiger partial charge >= 0.3 is 0 Å². The molecule has 2 aliphatic carbocycles. The van der Waals surface area contributed by atoms with E-state index in [1.807, 2.05) is 12.1 Å². The largest absolute Gasteiger partial charge is 0.326 e. The molecule has 0 aromatic heterocycles. The molecular weight excluding hydrogens is 338 g/mol. The lowest BCUT2D eigenvalue weighted by Gasteiger charge is -2.20. The number of rotatable bonds is 5. The lowest BCUT2D eigenvalue weighted by molar-refractivity contribution is -0.117. The van der Waals surface area contributed by atoms with E-state index in [1.54, 1.807) is 11.8 Å². The summed E-state index contributed by atoms with van der Waals surface area (Å²) in [5.74, 6) is 2.51. The molecule has 0 unspecified atom stereocenters. The molecule has 2 aromatic rings. The predicted molar refractivity (Wildman–Crippen MR) is 109 cm³/mol. The monoisotopic (exact) mass is 365 g/mol. The van der Waals surface area contributed by atoms with E-state index in [0.29, 0.717) is 12.3 Å². The zero-order valence-electron chi connectivity index (χ0n) is 15.6. The van der Waals surface area contributed by atoms with Crippen LogP contribution in [-0.4, -0.2) is 5.91 Å². The van der Waals surface area contributed by atoms with Crippen LogP contribution in [-0.2, 0) is 4.79 Å². The molecule has 2 aromatic carbocycles. The average molecular weight is 366 g/mol. The van der Waals surface area contributed by atoms with Crippen LogP contribution in [0.25, 0.3) is 0 Å². The Kier molecular flexibility index (Phi) is 5.08. The van der Waals surface area contributed by atoms with Crippen LogP contribution in [0.3, 0.4) is 0 Å². The van der Waals surface area contributed by atoms with Crippen molar-refractivity contribution in [2.45, 2.75) is 55.7 Å². The van der Waals surface area contributed by atoms with Gasteiger partial charge in [-0.15, -0.1) is 0 Å². The summed E-state index contributed by atoms with van der Waals surface area (Å²) in [6, 6.07) is 14.8. The van der Waals surface area contributed by atoms with Crippen molar-refractivity contribution < 1.29 is 4.79 Å². The Morgan fingerprint density at radius 2 is 1.88 bits per heavy atom. The minimum absolute atomic E-state index is 0.178. The van der Waals surface area contributed by atoms with E-state index in [2.05, 4.69) is 49.5 Å². The lowest BCUT2D eigenvalue weighted by Crippen LogP contribution is -2.20. The summed E-state index contributed by atoms with van der Waals surface area (Å²) in [7, 11) is 0. The van der Waals surface area contributed by atoms with Crippen LogP contribution in [0.2, 0.25) is 0 Å². The van der Waals surface area contributed by atoms with E-state index in [-0.39, 0.29) is 5.91 Å². The number of aryl methyl sites for hydroxylation is 2. The molecule has 0 saturated heterocycles. The van der Waals surface area contributed by atoms with Crippen molar-refractivity contribution in [2.24, 2.45) is 17.8 Å². The second kappa shape index (κ2) is 7.48. The highest BCUT2D eigenvalue weighted by Crippen LogP contribution is 2.49. The molecule has 0 heterocycles. The number of anilines is 1. The van der Waals surface area contributed by atoms with Gasteiger partial charge in [0.1, 0.15) is 0 Å². The van der Waals surface area contributed by atoms with Gasteiger partial charge in [-0.25, -0.2) is 0 Å². The molecule has 2 nitrogen and oxygen atoms in total. The van der Waals surface area contributed by atoms with Crippen molar-refractivity contribution in [3.05, 3.63) is 53.6 Å². The highest BCUT2D eigenvalue weighted by atomic mass is 32.2. The van der Waals surface area contributed by atoms with E-state index >= 15 is 0 Å².